The highest BCUT2D eigenvalue weighted by atomic mass is 19.3. The Kier molecular flexibility index (Phi) is 5.73. The van der Waals surface area contributed by atoms with E-state index in [1.165, 1.54) is 32.4 Å². The van der Waals surface area contributed by atoms with Crippen LogP contribution in [0.1, 0.15) is 31.2 Å². The highest BCUT2D eigenvalue weighted by Gasteiger charge is 2.31. The average molecular weight is 288 g/mol. The third kappa shape index (κ3) is 4.36. The summed E-state index contributed by atoms with van der Waals surface area (Å²) in [7, 11) is 2.81. The minimum atomic E-state index is -3.02. The van der Waals surface area contributed by atoms with Crippen molar-refractivity contribution in [3.8, 4) is 11.5 Å². The van der Waals surface area contributed by atoms with E-state index in [2.05, 4.69) is 0 Å². The first-order chi connectivity index (χ1) is 9.40. The molecule has 1 rings (SSSR count). The highest BCUT2D eigenvalue weighted by molar-refractivity contribution is 5.66. The van der Waals surface area contributed by atoms with Gasteiger partial charge < -0.3 is 14.6 Å². The molecule has 0 atom stereocenters. The maximum atomic E-state index is 14.0. The van der Waals surface area contributed by atoms with Gasteiger partial charge >= 0.3 is 5.97 Å². The molecule has 1 aromatic rings. The minimum Gasteiger partial charge on any atom is -0.493 e. The van der Waals surface area contributed by atoms with Crippen molar-refractivity contribution in [2.45, 2.75) is 31.6 Å². The number of alkyl halides is 2. The van der Waals surface area contributed by atoms with Gasteiger partial charge in [-0.2, -0.15) is 0 Å². The molecule has 20 heavy (non-hydrogen) atoms. The van der Waals surface area contributed by atoms with Gasteiger partial charge in [-0.1, -0.05) is 0 Å². The summed E-state index contributed by atoms with van der Waals surface area (Å²) in [5.41, 5.74) is -0.162. The van der Waals surface area contributed by atoms with E-state index in [9.17, 15) is 13.6 Å². The number of ether oxygens (including phenoxy) is 2. The predicted octanol–water partition coefficient (Wildman–Crippen LogP) is 3.44. The minimum absolute atomic E-state index is 0.0952. The van der Waals surface area contributed by atoms with E-state index in [0.29, 0.717) is 5.75 Å². The summed E-state index contributed by atoms with van der Waals surface area (Å²) in [4.78, 5) is 10.3. The molecule has 0 aliphatic heterocycles. The van der Waals surface area contributed by atoms with Crippen molar-refractivity contribution < 1.29 is 28.2 Å². The van der Waals surface area contributed by atoms with Crippen LogP contribution in [0.2, 0.25) is 0 Å². The van der Waals surface area contributed by atoms with E-state index in [1.54, 1.807) is 0 Å². The summed E-state index contributed by atoms with van der Waals surface area (Å²) in [6.07, 6.45) is -0.108. The summed E-state index contributed by atoms with van der Waals surface area (Å²) >= 11 is 0. The van der Waals surface area contributed by atoms with Crippen LogP contribution in [0.3, 0.4) is 0 Å². The zero-order valence-electron chi connectivity index (χ0n) is 11.5. The van der Waals surface area contributed by atoms with Crippen LogP contribution in [-0.4, -0.2) is 25.3 Å². The van der Waals surface area contributed by atoms with Crippen LogP contribution in [0.25, 0.3) is 0 Å². The number of rotatable bonds is 8. The zero-order valence-corrected chi connectivity index (χ0v) is 11.5. The molecule has 0 spiro atoms. The van der Waals surface area contributed by atoms with Crippen LogP contribution in [0.15, 0.2) is 18.2 Å². The van der Waals surface area contributed by atoms with E-state index in [4.69, 9.17) is 14.6 Å². The monoisotopic (exact) mass is 288 g/mol. The number of carbonyl (C=O) groups is 1. The Bertz CT molecular complexity index is 460. The van der Waals surface area contributed by atoms with Crippen molar-refractivity contribution in [1.82, 2.24) is 0 Å². The van der Waals surface area contributed by atoms with Crippen molar-refractivity contribution in [2.24, 2.45) is 0 Å². The number of benzene rings is 1. The van der Waals surface area contributed by atoms with Gasteiger partial charge in [-0.15, -0.1) is 0 Å². The SMILES string of the molecule is COc1ccc(C(F)(F)CCCCC(=O)O)cc1OC. The molecule has 0 unspecified atom stereocenters. The topological polar surface area (TPSA) is 55.8 Å². The number of carboxylic acid groups (broad SMARTS) is 1. The van der Waals surface area contributed by atoms with E-state index in [-0.39, 0.29) is 30.6 Å². The molecule has 1 N–H and O–H groups in total. The van der Waals surface area contributed by atoms with Crippen molar-refractivity contribution >= 4 is 5.97 Å². The first-order valence-electron chi connectivity index (χ1n) is 6.23. The van der Waals surface area contributed by atoms with Gasteiger partial charge in [0, 0.05) is 18.4 Å². The lowest BCUT2D eigenvalue weighted by molar-refractivity contribution is -0.137. The van der Waals surface area contributed by atoms with Gasteiger partial charge in [0.05, 0.1) is 14.2 Å². The normalized spacial score (nSPS) is 11.2. The molecule has 0 fully saturated rings. The second kappa shape index (κ2) is 7.07. The molecule has 0 bridgehead atoms. The second-order valence-electron chi connectivity index (χ2n) is 4.38. The molecule has 4 nitrogen and oxygen atoms in total. The Morgan fingerprint density at radius 2 is 1.85 bits per heavy atom. The average Bonchev–Trinajstić information content (AvgIpc) is 2.42. The number of aliphatic carboxylic acids is 1. The molecule has 0 aliphatic rings. The fourth-order valence-electron chi connectivity index (χ4n) is 1.83. The van der Waals surface area contributed by atoms with E-state index in [0.717, 1.165) is 0 Å². The third-order valence-corrected chi connectivity index (χ3v) is 2.94. The van der Waals surface area contributed by atoms with Crippen LogP contribution >= 0.6 is 0 Å². The summed E-state index contributed by atoms with van der Waals surface area (Å²) in [5, 5.41) is 8.47. The van der Waals surface area contributed by atoms with Crippen LogP contribution in [0, 0.1) is 0 Å². The molecule has 6 heteroatoms. The van der Waals surface area contributed by atoms with E-state index < -0.39 is 18.3 Å². The molecular weight excluding hydrogens is 270 g/mol. The molecule has 0 amide bonds. The number of hydrogen-bond donors (Lipinski definition) is 1. The van der Waals surface area contributed by atoms with Gasteiger partial charge in [0.2, 0.25) is 0 Å². The van der Waals surface area contributed by atoms with Gasteiger partial charge in [0.15, 0.2) is 11.5 Å². The predicted molar refractivity (Wildman–Crippen MR) is 69.5 cm³/mol. The van der Waals surface area contributed by atoms with Crippen molar-refractivity contribution in [3.63, 3.8) is 0 Å². The summed E-state index contributed by atoms with van der Waals surface area (Å²) in [5.74, 6) is -3.36. The molecule has 0 saturated heterocycles. The van der Waals surface area contributed by atoms with Crippen LogP contribution in [-0.2, 0) is 10.7 Å². The van der Waals surface area contributed by atoms with Gasteiger partial charge in [0.1, 0.15) is 0 Å². The zero-order chi connectivity index (χ0) is 15.2. The summed E-state index contributed by atoms with van der Waals surface area (Å²) in [6, 6.07) is 3.97. The lowest BCUT2D eigenvalue weighted by Crippen LogP contribution is -2.13. The highest BCUT2D eigenvalue weighted by Crippen LogP contribution is 2.38. The molecular formula is C14H18F2O4. The Morgan fingerprint density at radius 3 is 2.40 bits per heavy atom. The first-order valence-corrected chi connectivity index (χ1v) is 6.23. The lowest BCUT2D eigenvalue weighted by atomic mass is 10.0. The van der Waals surface area contributed by atoms with Crippen LogP contribution in [0.4, 0.5) is 8.78 Å². The fourth-order valence-corrected chi connectivity index (χ4v) is 1.83. The number of hydrogen-bond acceptors (Lipinski definition) is 3. The summed E-state index contributed by atoms with van der Waals surface area (Å²) < 4.78 is 38.0. The van der Waals surface area contributed by atoms with Gasteiger partial charge in [-0.25, -0.2) is 8.78 Å². The largest absolute Gasteiger partial charge is 0.493 e. The number of unbranched alkanes of at least 4 members (excludes halogenated alkanes) is 1. The Morgan fingerprint density at radius 1 is 1.20 bits per heavy atom. The van der Waals surface area contributed by atoms with Crippen LogP contribution < -0.4 is 9.47 Å². The second-order valence-corrected chi connectivity index (χ2v) is 4.38. The number of methoxy groups -OCH3 is 2. The van der Waals surface area contributed by atoms with Crippen molar-refractivity contribution in [2.75, 3.05) is 14.2 Å². The van der Waals surface area contributed by atoms with Gasteiger partial charge in [0.25, 0.3) is 5.92 Å². The summed E-state index contributed by atoms with van der Waals surface area (Å²) in [6.45, 7) is 0. The first kappa shape index (κ1) is 16.2. The Hall–Kier alpha value is -1.85. The van der Waals surface area contributed by atoms with Crippen molar-refractivity contribution in [1.29, 1.82) is 0 Å². The molecule has 112 valence electrons. The molecule has 0 heterocycles. The van der Waals surface area contributed by atoms with Crippen molar-refractivity contribution in [3.05, 3.63) is 23.8 Å². The lowest BCUT2D eigenvalue weighted by Gasteiger charge is -2.18. The molecule has 0 aliphatic carbocycles. The Balaban J connectivity index is 2.73. The molecule has 0 aromatic heterocycles. The van der Waals surface area contributed by atoms with Crippen LogP contribution in [0.5, 0.6) is 11.5 Å². The standard InChI is InChI=1S/C14H18F2O4/c1-19-11-7-6-10(9-12(11)20-2)14(15,16)8-4-3-5-13(17)18/h6-7,9H,3-5,8H2,1-2H3,(H,17,18). The number of halogens is 2. The fraction of sp³-hybridized carbons (Fsp3) is 0.500. The molecule has 0 radical (unpaired) electrons. The van der Waals surface area contributed by atoms with Gasteiger partial charge in [-0.3, -0.25) is 4.79 Å². The molecule has 1 aromatic carbocycles. The quantitative estimate of drug-likeness (QED) is 0.744. The number of carboxylic acids is 1. The van der Waals surface area contributed by atoms with E-state index >= 15 is 0 Å². The maximum absolute atomic E-state index is 14.0. The third-order valence-electron chi connectivity index (χ3n) is 2.94. The van der Waals surface area contributed by atoms with E-state index in [1.807, 2.05) is 0 Å². The maximum Gasteiger partial charge on any atom is 0.303 e. The van der Waals surface area contributed by atoms with Gasteiger partial charge in [-0.05, 0) is 31.0 Å². The molecule has 0 saturated carbocycles. The Labute approximate surface area is 116 Å². The smallest absolute Gasteiger partial charge is 0.303 e.